The molecule has 1 aliphatic heterocycles. The van der Waals surface area contributed by atoms with Gasteiger partial charge in [-0.1, -0.05) is 25.1 Å². The van der Waals surface area contributed by atoms with Gasteiger partial charge in [0.25, 0.3) is 0 Å². The Labute approximate surface area is 183 Å². The van der Waals surface area contributed by atoms with E-state index in [1.54, 1.807) is 6.20 Å². The van der Waals surface area contributed by atoms with E-state index in [9.17, 15) is 0 Å². The Morgan fingerprint density at radius 3 is 2.77 bits per heavy atom. The summed E-state index contributed by atoms with van der Waals surface area (Å²) in [6.45, 7) is 5.44. The van der Waals surface area contributed by atoms with Crippen LogP contribution in [0.4, 0.5) is 0 Å². The van der Waals surface area contributed by atoms with E-state index in [4.69, 9.17) is 4.74 Å². The normalized spacial score (nSPS) is 19.3. The maximum atomic E-state index is 5.82. The minimum absolute atomic E-state index is 0.408. The zero-order chi connectivity index (χ0) is 21.5. The van der Waals surface area contributed by atoms with Crippen LogP contribution in [-0.2, 0) is 13.2 Å². The van der Waals surface area contributed by atoms with Gasteiger partial charge in [0.2, 0.25) is 0 Å². The summed E-state index contributed by atoms with van der Waals surface area (Å²) in [6.07, 6.45) is 8.73. The number of hydrogen-bond donors (Lipinski definition) is 1. The summed E-state index contributed by atoms with van der Waals surface area (Å²) in [7, 11) is 1.85. The van der Waals surface area contributed by atoms with E-state index in [1.165, 1.54) is 5.56 Å². The van der Waals surface area contributed by atoms with Gasteiger partial charge in [0.1, 0.15) is 12.4 Å². The Kier molecular flexibility index (Phi) is 6.82. The fourth-order valence-electron chi connectivity index (χ4n) is 3.95. The van der Waals surface area contributed by atoms with Gasteiger partial charge in [0.05, 0.1) is 18.1 Å². The number of nitrogens with zero attached hydrogens (tertiary/aromatic N) is 5. The molecule has 1 N–H and O–H groups in total. The molecule has 0 saturated carbocycles. The Bertz CT molecular complexity index is 956. The molecular formula is C24H30N6O. The molecule has 31 heavy (non-hydrogen) atoms. The smallest absolute Gasteiger partial charge is 0.193 e. The van der Waals surface area contributed by atoms with E-state index in [0.29, 0.717) is 18.6 Å². The molecule has 2 unspecified atom stereocenters. The third kappa shape index (κ3) is 5.42. The number of aliphatic imine (C=N–C) groups is 1. The van der Waals surface area contributed by atoms with Crippen LogP contribution in [0.2, 0.25) is 0 Å². The zero-order valence-corrected chi connectivity index (χ0v) is 18.2. The highest BCUT2D eigenvalue weighted by molar-refractivity contribution is 5.80. The number of nitrogens with one attached hydrogen (secondary N) is 1. The van der Waals surface area contributed by atoms with Gasteiger partial charge in [-0.3, -0.25) is 9.98 Å². The molecule has 0 amide bonds. The van der Waals surface area contributed by atoms with Gasteiger partial charge in [-0.2, -0.15) is 0 Å². The SMILES string of the molecule is CN=C(NCc1ccc(OCc2ccccn2)cc1)N1CCC(C)C(n2ccnc2)C1. The molecule has 0 spiro atoms. The molecular weight excluding hydrogens is 388 g/mol. The van der Waals surface area contributed by atoms with Gasteiger partial charge in [-0.25, -0.2) is 4.98 Å². The molecule has 2 atom stereocenters. The summed E-state index contributed by atoms with van der Waals surface area (Å²) in [4.78, 5) is 15.4. The van der Waals surface area contributed by atoms with E-state index < -0.39 is 0 Å². The van der Waals surface area contributed by atoms with Crippen LogP contribution in [0.3, 0.4) is 0 Å². The number of imidazole rings is 1. The van der Waals surface area contributed by atoms with Gasteiger partial charge in [-0.15, -0.1) is 0 Å². The topological polar surface area (TPSA) is 67.6 Å². The highest BCUT2D eigenvalue weighted by Gasteiger charge is 2.28. The first kappa shape index (κ1) is 20.9. The number of benzene rings is 1. The van der Waals surface area contributed by atoms with Crippen LogP contribution in [0.1, 0.15) is 30.6 Å². The van der Waals surface area contributed by atoms with Crippen LogP contribution in [0.15, 0.2) is 72.4 Å². The number of aromatic nitrogens is 3. The number of pyridine rings is 1. The Balaban J connectivity index is 1.30. The van der Waals surface area contributed by atoms with Crippen molar-refractivity contribution in [2.75, 3.05) is 20.1 Å². The number of rotatable bonds is 6. The average molecular weight is 419 g/mol. The van der Waals surface area contributed by atoms with Crippen molar-refractivity contribution in [3.63, 3.8) is 0 Å². The van der Waals surface area contributed by atoms with E-state index in [-0.39, 0.29) is 0 Å². The fraction of sp³-hybridized carbons (Fsp3) is 0.375. The summed E-state index contributed by atoms with van der Waals surface area (Å²) in [5, 5.41) is 3.51. The zero-order valence-electron chi connectivity index (χ0n) is 18.2. The molecule has 162 valence electrons. The minimum Gasteiger partial charge on any atom is -0.487 e. The maximum absolute atomic E-state index is 5.82. The second kappa shape index (κ2) is 10.1. The second-order valence-electron chi connectivity index (χ2n) is 7.94. The van der Waals surface area contributed by atoms with E-state index >= 15 is 0 Å². The van der Waals surface area contributed by atoms with Crippen molar-refractivity contribution in [3.8, 4) is 5.75 Å². The third-order valence-electron chi connectivity index (χ3n) is 5.82. The number of likely N-dealkylation sites (tertiary alicyclic amines) is 1. The molecule has 0 radical (unpaired) electrons. The predicted molar refractivity (Wildman–Crippen MR) is 122 cm³/mol. The summed E-state index contributed by atoms with van der Waals surface area (Å²) >= 11 is 0. The lowest BCUT2D eigenvalue weighted by Crippen LogP contribution is -2.48. The largest absolute Gasteiger partial charge is 0.487 e. The lowest BCUT2D eigenvalue weighted by Gasteiger charge is -2.39. The van der Waals surface area contributed by atoms with Crippen molar-refractivity contribution in [2.45, 2.75) is 32.5 Å². The maximum Gasteiger partial charge on any atom is 0.193 e. The number of guanidine groups is 1. The van der Waals surface area contributed by atoms with Gasteiger partial charge < -0.3 is 19.5 Å². The van der Waals surface area contributed by atoms with E-state index in [1.807, 2.05) is 49.9 Å². The summed E-state index contributed by atoms with van der Waals surface area (Å²) < 4.78 is 8.04. The lowest BCUT2D eigenvalue weighted by molar-refractivity contribution is 0.189. The Hall–Kier alpha value is -3.35. The first-order valence-corrected chi connectivity index (χ1v) is 10.8. The minimum atomic E-state index is 0.408. The standard InChI is InChI=1S/C24H30N6O/c1-19-10-13-29(16-23(19)30-14-12-26-18-30)24(25-2)28-15-20-6-8-22(9-7-20)31-17-21-5-3-4-11-27-21/h3-9,11-12,14,18-19,23H,10,13,15-17H2,1-2H3,(H,25,28). The second-order valence-corrected chi connectivity index (χ2v) is 7.94. The summed E-state index contributed by atoms with van der Waals surface area (Å²) in [5.41, 5.74) is 2.10. The van der Waals surface area contributed by atoms with Crippen LogP contribution >= 0.6 is 0 Å². The third-order valence-corrected chi connectivity index (χ3v) is 5.82. The van der Waals surface area contributed by atoms with Crippen molar-refractivity contribution in [1.29, 1.82) is 0 Å². The highest BCUT2D eigenvalue weighted by Crippen LogP contribution is 2.27. The van der Waals surface area contributed by atoms with Crippen molar-refractivity contribution in [1.82, 2.24) is 24.8 Å². The molecule has 4 rings (SSSR count). The number of piperidine rings is 1. The van der Waals surface area contributed by atoms with Gasteiger partial charge in [0.15, 0.2) is 5.96 Å². The van der Waals surface area contributed by atoms with Crippen molar-refractivity contribution in [2.24, 2.45) is 10.9 Å². The van der Waals surface area contributed by atoms with Crippen LogP contribution in [0, 0.1) is 5.92 Å². The predicted octanol–water partition coefficient (Wildman–Crippen LogP) is 3.52. The molecule has 7 heteroatoms. The summed E-state index contributed by atoms with van der Waals surface area (Å²) in [5.74, 6) is 2.39. The van der Waals surface area contributed by atoms with Crippen molar-refractivity contribution in [3.05, 3.63) is 78.6 Å². The van der Waals surface area contributed by atoms with Gasteiger partial charge in [-0.05, 0) is 42.2 Å². The number of hydrogen-bond acceptors (Lipinski definition) is 4. The lowest BCUT2D eigenvalue weighted by atomic mass is 9.93. The Morgan fingerprint density at radius 1 is 1.19 bits per heavy atom. The molecule has 1 fully saturated rings. The van der Waals surface area contributed by atoms with Crippen molar-refractivity contribution < 1.29 is 4.74 Å². The molecule has 0 aliphatic carbocycles. The highest BCUT2D eigenvalue weighted by atomic mass is 16.5. The van der Waals surface area contributed by atoms with Crippen molar-refractivity contribution >= 4 is 5.96 Å². The summed E-state index contributed by atoms with van der Waals surface area (Å²) in [6, 6.07) is 14.4. The molecule has 1 aliphatic rings. The van der Waals surface area contributed by atoms with E-state index in [0.717, 1.165) is 43.5 Å². The first-order valence-electron chi connectivity index (χ1n) is 10.8. The monoisotopic (exact) mass is 418 g/mol. The van der Waals surface area contributed by atoms with E-state index in [2.05, 4.69) is 55.0 Å². The Morgan fingerprint density at radius 2 is 2.06 bits per heavy atom. The first-order chi connectivity index (χ1) is 15.2. The quantitative estimate of drug-likeness (QED) is 0.490. The molecule has 2 aromatic heterocycles. The molecule has 1 saturated heterocycles. The van der Waals surface area contributed by atoms with Crippen LogP contribution in [0.25, 0.3) is 0 Å². The van der Waals surface area contributed by atoms with Crippen LogP contribution in [-0.4, -0.2) is 45.5 Å². The molecule has 7 nitrogen and oxygen atoms in total. The molecule has 1 aromatic carbocycles. The van der Waals surface area contributed by atoms with Gasteiger partial charge >= 0.3 is 0 Å². The number of ether oxygens (including phenoxy) is 1. The molecule has 3 aromatic rings. The van der Waals surface area contributed by atoms with Crippen LogP contribution in [0.5, 0.6) is 5.75 Å². The molecule has 3 heterocycles. The van der Waals surface area contributed by atoms with Crippen LogP contribution < -0.4 is 10.1 Å². The molecule has 0 bridgehead atoms. The fourth-order valence-corrected chi connectivity index (χ4v) is 3.95. The average Bonchev–Trinajstić information content (AvgIpc) is 3.35. The van der Waals surface area contributed by atoms with Gasteiger partial charge in [0, 0.05) is 45.3 Å².